The standard InChI is InChI=1S/C21H22BrCl2N3O4/c1-11(2)19(26-20(28)12-5-6-15(23)16(24)8-12)21(29)27-25-10-13-7-14(22)18(31-4)9-17(13)30-3/h5-11,19H,1-4H3,(H,26,28)(H,27,29)/b25-10-. The molecule has 166 valence electrons. The summed E-state index contributed by atoms with van der Waals surface area (Å²) in [5.41, 5.74) is 3.37. The molecule has 0 spiro atoms. The number of nitrogens with one attached hydrogen (secondary N) is 2. The third kappa shape index (κ3) is 6.59. The van der Waals surface area contributed by atoms with Crippen molar-refractivity contribution in [3.05, 3.63) is 56.0 Å². The van der Waals surface area contributed by atoms with E-state index >= 15 is 0 Å². The molecule has 2 aromatic carbocycles. The first-order valence-corrected chi connectivity index (χ1v) is 10.7. The largest absolute Gasteiger partial charge is 0.496 e. The molecule has 2 N–H and O–H groups in total. The lowest BCUT2D eigenvalue weighted by Gasteiger charge is -2.20. The first-order valence-electron chi connectivity index (χ1n) is 9.18. The van der Waals surface area contributed by atoms with Crippen LogP contribution in [0.4, 0.5) is 0 Å². The van der Waals surface area contributed by atoms with Crippen molar-refractivity contribution < 1.29 is 19.1 Å². The summed E-state index contributed by atoms with van der Waals surface area (Å²) in [7, 11) is 3.07. The normalized spacial score (nSPS) is 12.0. The van der Waals surface area contributed by atoms with Gasteiger partial charge < -0.3 is 14.8 Å². The Hall–Kier alpha value is -2.29. The van der Waals surface area contributed by atoms with Gasteiger partial charge in [-0.1, -0.05) is 37.0 Å². The van der Waals surface area contributed by atoms with Crippen LogP contribution in [0, 0.1) is 5.92 Å². The summed E-state index contributed by atoms with van der Waals surface area (Å²) in [5.74, 6) is 0.0178. The molecule has 2 amide bonds. The fourth-order valence-corrected chi connectivity index (χ4v) is 3.44. The van der Waals surface area contributed by atoms with E-state index in [1.54, 1.807) is 19.2 Å². The number of hydrogen-bond donors (Lipinski definition) is 2. The van der Waals surface area contributed by atoms with Gasteiger partial charge in [-0.15, -0.1) is 0 Å². The molecule has 1 atom stereocenters. The number of ether oxygens (including phenoxy) is 2. The fraction of sp³-hybridized carbons (Fsp3) is 0.286. The monoisotopic (exact) mass is 529 g/mol. The molecule has 0 aromatic heterocycles. The molecular formula is C21H22BrCl2N3O4. The molecule has 0 aliphatic rings. The van der Waals surface area contributed by atoms with E-state index in [0.29, 0.717) is 32.1 Å². The number of benzene rings is 2. The Balaban J connectivity index is 2.11. The van der Waals surface area contributed by atoms with E-state index in [2.05, 4.69) is 31.8 Å². The van der Waals surface area contributed by atoms with Crippen LogP contribution >= 0.6 is 39.1 Å². The van der Waals surface area contributed by atoms with Crippen LogP contribution in [0.5, 0.6) is 11.5 Å². The average molecular weight is 531 g/mol. The van der Waals surface area contributed by atoms with Crippen LogP contribution in [0.2, 0.25) is 10.0 Å². The van der Waals surface area contributed by atoms with Gasteiger partial charge in [-0.2, -0.15) is 5.10 Å². The first kappa shape index (κ1) is 25.0. The van der Waals surface area contributed by atoms with Crippen LogP contribution in [0.15, 0.2) is 39.9 Å². The van der Waals surface area contributed by atoms with Gasteiger partial charge in [0, 0.05) is 17.2 Å². The second-order valence-electron chi connectivity index (χ2n) is 6.79. The molecule has 2 aromatic rings. The lowest BCUT2D eigenvalue weighted by molar-refractivity contribution is -0.123. The van der Waals surface area contributed by atoms with Crippen LogP contribution in [-0.4, -0.2) is 38.3 Å². The van der Waals surface area contributed by atoms with Crippen LogP contribution in [0.3, 0.4) is 0 Å². The zero-order chi connectivity index (χ0) is 23.1. The number of carbonyl (C=O) groups is 2. The number of amides is 2. The Labute approximate surface area is 199 Å². The number of halogens is 3. The van der Waals surface area contributed by atoms with Crippen molar-refractivity contribution in [3.8, 4) is 11.5 Å². The molecule has 0 radical (unpaired) electrons. The summed E-state index contributed by atoms with van der Waals surface area (Å²) in [5, 5.41) is 7.29. The second kappa shape index (κ2) is 11.4. The molecular weight excluding hydrogens is 509 g/mol. The van der Waals surface area contributed by atoms with Gasteiger partial charge in [0.1, 0.15) is 17.5 Å². The molecule has 0 saturated heterocycles. The Morgan fingerprint density at radius 3 is 2.32 bits per heavy atom. The van der Waals surface area contributed by atoms with Gasteiger partial charge in [0.05, 0.1) is 35.0 Å². The van der Waals surface area contributed by atoms with Gasteiger partial charge in [-0.3, -0.25) is 9.59 Å². The molecule has 31 heavy (non-hydrogen) atoms. The molecule has 0 fully saturated rings. The Bertz CT molecular complexity index is 999. The number of hydrogen-bond acceptors (Lipinski definition) is 5. The van der Waals surface area contributed by atoms with Crippen molar-refractivity contribution in [3.63, 3.8) is 0 Å². The van der Waals surface area contributed by atoms with Crippen molar-refractivity contribution in [2.75, 3.05) is 14.2 Å². The third-order valence-electron chi connectivity index (χ3n) is 4.30. The Kier molecular flexibility index (Phi) is 9.15. The summed E-state index contributed by atoms with van der Waals surface area (Å²) in [6, 6.07) is 7.13. The molecule has 0 saturated carbocycles. The van der Waals surface area contributed by atoms with Gasteiger partial charge in [-0.25, -0.2) is 5.43 Å². The van der Waals surface area contributed by atoms with Gasteiger partial charge in [-0.05, 0) is 46.1 Å². The first-order chi connectivity index (χ1) is 14.7. The van der Waals surface area contributed by atoms with E-state index in [1.807, 2.05) is 13.8 Å². The molecule has 0 aliphatic carbocycles. The molecule has 2 rings (SSSR count). The van der Waals surface area contributed by atoms with Crippen LogP contribution in [0.1, 0.15) is 29.8 Å². The third-order valence-corrected chi connectivity index (χ3v) is 5.66. The molecule has 10 heteroatoms. The summed E-state index contributed by atoms with van der Waals surface area (Å²) < 4.78 is 11.3. The summed E-state index contributed by atoms with van der Waals surface area (Å²) in [6.07, 6.45) is 1.44. The minimum Gasteiger partial charge on any atom is -0.496 e. The highest BCUT2D eigenvalue weighted by atomic mass is 79.9. The van der Waals surface area contributed by atoms with E-state index < -0.39 is 17.9 Å². The summed E-state index contributed by atoms with van der Waals surface area (Å²) >= 11 is 15.3. The predicted octanol–water partition coefficient (Wildman–Crippen LogP) is 4.68. The summed E-state index contributed by atoms with van der Waals surface area (Å²) in [4.78, 5) is 25.2. The number of methoxy groups -OCH3 is 2. The van der Waals surface area contributed by atoms with Crippen LogP contribution in [0.25, 0.3) is 0 Å². The smallest absolute Gasteiger partial charge is 0.262 e. The van der Waals surface area contributed by atoms with E-state index in [0.717, 1.165) is 0 Å². The van der Waals surface area contributed by atoms with E-state index in [1.165, 1.54) is 31.5 Å². The van der Waals surface area contributed by atoms with Crippen LogP contribution in [-0.2, 0) is 4.79 Å². The number of carbonyl (C=O) groups excluding carboxylic acids is 2. The maximum absolute atomic E-state index is 12.6. The van der Waals surface area contributed by atoms with Crippen molar-refractivity contribution in [2.45, 2.75) is 19.9 Å². The maximum atomic E-state index is 12.6. The zero-order valence-corrected chi connectivity index (χ0v) is 20.4. The molecule has 0 bridgehead atoms. The molecule has 1 unspecified atom stereocenters. The highest BCUT2D eigenvalue weighted by Crippen LogP contribution is 2.32. The second-order valence-corrected chi connectivity index (χ2v) is 8.46. The minimum atomic E-state index is -0.816. The maximum Gasteiger partial charge on any atom is 0.262 e. The Morgan fingerprint density at radius 2 is 1.74 bits per heavy atom. The van der Waals surface area contributed by atoms with Crippen molar-refractivity contribution in [1.82, 2.24) is 10.7 Å². The predicted molar refractivity (Wildman–Crippen MR) is 126 cm³/mol. The van der Waals surface area contributed by atoms with Crippen molar-refractivity contribution in [2.24, 2.45) is 11.0 Å². The highest BCUT2D eigenvalue weighted by molar-refractivity contribution is 9.10. The Morgan fingerprint density at radius 1 is 1.06 bits per heavy atom. The number of hydrazone groups is 1. The van der Waals surface area contributed by atoms with Gasteiger partial charge in [0.25, 0.3) is 11.8 Å². The highest BCUT2D eigenvalue weighted by Gasteiger charge is 2.24. The van der Waals surface area contributed by atoms with E-state index in [4.69, 9.17) is 32.7 Å². The zero-order valence-electron chi connectivity index (χ0n) is 17.3. The van der Waals surface area contributed by atoms with Gasteiger partial charge >= 0.3 is 0 Å². The average Bonchev–Trinajstić information content (AvgIpc) is 2.73. The summed E-state index contributed by atoms with van der Waals surface area (Å²) in [6.45, 7) is 3.62. The molecule has 0 heterocycles. The number of rotatable bonds is 8. The van der Waals surface area contributed by atoms with Gasteiger partial charge in [0.15, 0.2) is 0 Å². The van der Waals surface area contributed by atoms with Crippen LogP contribution < -0.4 is 20.2 Å². The SMILES string of the molecule is COc1cc(OC)c(/C=N\NC(=O)C(NC(=O)c2ccc(Cl)c(Cl)c2)C(C)C)cc1Br. The number of nitrogens with zero attached hydrogens (tertiary/aromatic N) is 1. The topological polar surface area (TPSA) is 89.0 Å². The lowest BCUT2D eigenvalue weighted by Crippen LogP contribution is -2.48. The quantitative estimate of drug-likeness (QED) is 0.383. The van der Waals surface area contributed by atoms with E-state index in [9.17, 15) is 9.59 Å². The molecule has 7 nitrogen and oxygen atoms in total. The minimum absolute atomic E-state index is 0.188. The van der Waals surface area contributed by atoms with Gasteiger partial charge in [0.2, 0.25) is 0 Å². The fourth-order valence-electron chi connectivity index (χ4n) is 2.62. The molecule has 0 aliphatic heterocycles. The van der Waals surface area contributed by atoms with Crippen molar-refractivity contribution in [1.29, 1.82) is 0 Å². The lowest BCUT2D eigenvalue weighted by atomic mass is 10.0. The van der Waals surface area contributed by atoms with Crippen molar-refractivity contribution >= 4 is 57.2 Å². The van der Waals surface area contributed by atoms with E-state index in [-0.39, 0.29) is 10.9 Å².